The molecule has 0 bridgehead atoms. The Morgan fingerprint density at radius 2 is 1.90 bits per heavy atom. The summed E-state index contributed by atoms with van der Waals surface area (Å²) in [6.07, 6.45) is -9.20. The number of ether oxygens (including phenoxy) is 1. The van der Waals surface area contributed by atoms with Crippen molar-refractivity contribution in [3.63, 3.8) is 0 Å². The molecule has 0 aliphatic rings. The van der Waals surface area contributed by atoms with Gasteiger partial charge in [-0.15, -0.1) is 0 Å². The first-order chi connectivity index (χ1) is 9.52. The molecule has 6 nitrogen and oxygen atoms in total. The summed E-state index contributed by atoms with van der Waals surface area (Å²) in [6, 6.07) is 1.44. The van der Waals surface area contributed by atoms with Crippen LogP contribution in [0.1, 0.15) is 6.42 Å². The fourth-order valence-corrected chi connectivity index (χ4v) is 1.60. The van der Waals surface area contributed by atoms with E-state index in [-0.39, 0.29) is 10.0 Å². The highest BCUT2D eigenvalue weighted by molar-refractivity contribution is 6.42. The predicted octanol–water partition coefficient (Wildman–Crippen LogP) is 3.69. The van der Waals surface area contributed by atoms with Crippen LogP contribution in [0.25, 0.3) is 0 Å². The van der Waals surface area contributed by atoms with Crippen LogP contribution in [0.5, 0.6) is 5.75 Å². The van der Waals surface area contributed by atoms with Crippen LogP contribution in [0.15, 0.2) is 12.1 Å². The zero-order valence-electron chi connectivity index (χ0n) is 9.86. The first kappa shape index (κ1) is 17.3. The van der Waals surface area contributed by atoms with Crippen LogP contribution in [0.2, 0.25) is 10.0 Å². The standard InChI is InChI=1S/C10H6Cl2F3NO5/c11-4-1-6(16(19)20)7(2-5(4)12)21-8(3-9(17)18)10(13,14)15/h1-2,8H,3H2,(H,17,18). The van der Waals surface area contributed by atoms with Crippen molar-refractivity contribution in [1.29, 1.82) is 0 Å². The van der Waals surface area contributed by atoms with Gasteiger partial charge in [-0.05, 0) is 0 Å². The van der Waals surface area contributed by atoms with Gasteiger partial charge in [0.1, 0.15) is 0 Å². The molecule has 0 radical (unpaired) electrons. The second kappa shape index (κ2) is 6.35. The molecule has 0 fully saturated rings. The van der Waals surface area contributed by atoms with Crippen molar-refractivity contribution in [3.05, 3.63) is 32.3 Å². The lowest BCUT2D eigenvalue weighted by molar-refractivity contribution is -0.386. The number of rotatable bonds is 5. The average Bonchev–Trinajstić information content (AvgIpc) is 2.30. The monoisotopic (exact) mass is 347 g/mol. The highest BCUT2D eigenvalue weighted by Gasteiger charge is 2.44. The third-order valence-electron chi connectivity index (χ3n) is 2.19. The Morgan fingerprint density at radius 3 is 2.33 bits per heavy atom. The number of carboxylic acid groups (broad SMARTS) is 1. The van der Waals surface area contributed by atoms with E-state index in [0.717, 1.165) is 6.07 Å². The number of hydrogen-bond acceptors (Lipinski definition) is 4. The van der Waals surface area contributed by atoms with E-state index < -0.39 is 41.0 Å². The predicted molar refractivity (Wildman–Crippen MR) is 65.8 cm³/mol. The summed E-state index contributed by atoms with van der Waals surface area (Å²) in [5.41, 5.74) is -0.857. The van der Waals surface area contributed by atoms with Crippen molar-refractivity contribution >= 4 is 34.9 Å². The lowest BCUT2D eigenvalue weighted by atomic mass is 10.2. The molecular weight excluding hydrogens is 342 g/mol. The van der Waals surface area contributed by atoms with E-state index >= 15 is 0 Å². The van der Waals surface area contributed by atoms with Gasteiger partial charge in [0.15, 0.2) is 5.75 Å². The number of aliphatic carboxylic acids is 1. The minimum atomic E-state index is -5.03. The van der Waals surface area contributed by atoms with E-state index in [1.165, 1.54) is 0 Å². The van der Waals surface area contributed by atoms with Gasteiger partial charge in [-0.1, -0.05) is 23.2 Å². The molecule has 116 valence electrons. The molecule has 0 saturated heterocycles. The molecule has 1 unspecified atom stereocenters. The van der Waals surface area contributed by atoms with Crippen LogP contribution < -0.4 is 4.74 Å². The van der Waals surface area contributed by atoms with Crippen LogP contribution in [0.3, 0.4) is 0 Å². The van der Waals surface area contributed by atoms with Crippen LogP contribution >= 0.6 is 23.2 Å². The molecule has 1 aromatic rings. The van der Waals surface area contributed by atoms with E-state index in [0.29, 0.717) is 6.07 Å². The summed E-state index contributed by atoms with van der Waals surface area (Å²) in [4.78, 5) is 20.2. The third-order valence-corrected chi connectivity index (χ3v) is 2.92. The number of hydrogen-bond donors (Lipinski definition) is 1. The van der Waals surface area contributed by atoms with Crippen molar-refractivity contribution in [2.75, 3.05) is 0 Å². The molecule has 0 aromatic heterocycles. The molecular formula is C10H6Cl2F3NO5. The van der Waals surface area contributed by atoms with Crippen LogP contribution in [0, 0.1) is 10.1 Å². The molecule has 21 heavy (non-hydrogen) atoms. The fraction of sp³-hybridized carbons (Fsp3) is 0.300. The minimum Gasteiger partial charge on any atom is -0.481 e. The largest absolute Gasteiger partial charge is 0.481 e. The first-order valence-corrected chi connectivity index (χ1v) is 5.86. The van der Waals surface area contributed by atoms with Gasteiger partial charge in [0.05, 0.1) is 21.4 Å². The molecule has 0 saturated carbocycles. The van der Waals surface area contributed by atoms with Gasteiger partial charge in [-0.25, -0.2) is 0 Å². The van der Waals surface area contributed by atoms with Crippen molar-refractivity contribution < 1.29 is 32.7 Å². The zero-order valence-corrected chi connectivity index (χ0v) is 11.4. The van der Waals surface area contributed by atoms with Crippen molar-refractivity contribution in [3.8, 4) is 5.75 Å². The second-order valence-electron chi connectivity index (χ2n) is 3.74. The number of benzene rings is 1. The van der Waals surface area contributed by atoms with Gasteiger partial charge in [0.25, 0.3) is 0 Å². The summed E-state index contributed by atoms with van der Waals surface area (Å²) in [5.74, 6) is -2.60. The van der Waals surface area contributed by atoms with Gasteiger partial charge in [-0.3, -0.25) is 14.9 Å². The minimum absolute atomic E-state index is 0.252. The van der Waals surface area contributed by atoms with Gasteiger partial charge >= 0.3 is 17.8 Å². The van der Waals surface area contributed by atoms with Gasteiger partial charge in [-0.2, -0.15) is 13.2 Å². The molecule has 1 aromatic carbocycles. The number of alkyl halides is 3. The quantitative estimate of drug-likeness (QED) is 0.648. The smallest absolute Gasteiger partial charge is 0.426 e. The highest BCUT2D eigenvalue weighted by atomic mass is 35.5. The Morgan fingerprint density at radius 1 is 1.38 bits per heavy atom. The number of nitro groups is 1. The Bertz CT molecular complexity index is 579. The molecule has 11 heteroatoms. The Kier molecular flexibility index (Phi) is 5.24. The molecule has 1 atom stereocenters. The zero-order chi connectivity index (χ0) is 16.4. The first-order valence-electron chi connectivity index (χ1n) is 5.11. The molecule has 1 rings (SSSR count). The lowest BCUT2D eigenvalue weighted by Gasteiger charge is -2.20. The SMILES string of the molecule is O=C(O)CC(Oc1cc(Cl)c(Cl)cc1[N+](=O)[O-])C(F)(F)F. The molecule has 1 N–H and O–H groups in total. The summed E-state index contributed by atoms with van der Waals surface area (Å²) >= 11 is 11.1. The van der Waals surface area contributed by atoms with E-state index in [1.54, 1.807) is 0 Å². The summed E-state index contributed by atoms with van der Waals surface area (Å²) in [7, 11) is 0. The number of halogens is 5. The fourth-order valence-electron chi connectivity index (χ4n) is 1.29. The van der Waals surface area contributed by atoms with Gasteiger partial charge < -0.3 is 9.84 Å². The van der Waals surface area contributed by atoms with Crippen LogP contribution in [-0.2, 0) is 4.79 Å². The van der Waals surface area contributed by atoms with E-state index in [2.05, 4.69) is 4.74 Å². The maximum absolute atomic E-state index is 12.7. The summed E-state index contributed by atoms with van der Waals surface area (Å²) in [6.45, 7) is 0. The topological polar surface area (TPSA) is 89.7 Å². The van der Waals surface area contributed by atoms with E-state index in [1.807, 2.05) is 0 Å². The maximum atomic E-state index is 12.7. The Labute approximate surface area is 125 Å². The number of nitro benzene ring substituents is 1. The maximum Gasteiger partial charge on any atom is 0.426 e. The lowest BCUT2D eigenvalue weighted by Crippen LogP contribution is -2.36. The number of carboxylic acids is 1. The van der Waals surface area contributed by atoms with Crippen LogP contribution in [0.4, 0.5) is 18.9 Å². The second-order valence-corrected chi connectivity index (χ2v) is 4.55. The number of carbonyl (C=O) groups is 1. The number of nitrogens with zero attached hydrogens (tertiary/aromatic N) is 1. The molecule has 0 aliphatic carbocycles. The van der Waals surface area contributed by atoms with Crippen molar-refractivity contribution in [1.82, 2.24) is 0 Å². The highest BCUT2D eigenvalue weighted by Crippen LogP contribution is 2.38. The molecule has 0 aliphatic heterocycles. The molecule has 0 amide bonds. The van der Waals surface area contributed by atoms with Crippen molar-refractivity contribution in [2.24, 2.45) is 0 Å². The Hall–Kier alpha value is -1.74. The average molecular weight is 348 g/mol. The van der Waals surface area contributed by atoms with E-state index in [4.69, 9.17) is 28.3 Å². The summed E-state index contributed by atoms with van der Waals surface area (Å²) < 4.78 is 42.4. The molecule has 0 spiro atoms. The Balaban J connectivity index is 3.22. The molecule has 0 heterocycles. The van der Waals surface area contributed by atoms with E-state index in [9.17, 15) is 28.1 Å². The normalized spacial score (nSPS) is 12.8. The van der Waals surface area contributed by atoms with Gasteiger partial charge in [0.2, 0.25) is 6.10 Å². The summed E-state index contributed by atoms with van der Waals surface area (Å²) in [5, 5.41) is 18.7. The van der Waals surface area contributed by atoms with Crippen molar-refractivity contribution in [2.45, 2.75) is 18.7 Å². The van der Waals surface area contributed by atoms with Gasteiger partial charge in [0, 0.05) is 12.1 Å². The van der Waals surface area contributed by atoms with Crippen LogP contribution in [-0.4, -0.2) is 28.3 Å². The third kappa shape index (κ3) is 4.64.